The molecule has 0 radical (unpaired) electrons. The second-order valence-corrected chi connectivity index (χ2v) is 8.48. The zero-order valence-electron chi connectivity index (χ0n) is 29.9. The van der Waals surface area contributed by atoms with Crippen LogP contribution in [0.3, 0.4) is 0 Å². The van der Waals surface area contributed by atoms with E-state index in [1.165, 1.54) is 0 Å². The topological polar surface area (TPSA) is 234 Å². The molecule has 0 aromatic rings. The van der Waals surface area contributed by atoms with E-state index in [-0.39, 0.29) is 79.3 Å². The second kappa shape index (κ2) is 63.0. The average molecular weight is 1750 g/mol. The Kier molecular flexibility index (Phi) is 85.1. The Hall–Kier alpha value is -4.68. The van der Waals surface area contributed by atoms with Gasteiger partial charge in [-0.1, -0.05) is 0 Å². The summed E-state index contributed by atoms with van der Waals surface area (Å²) in [5.74, 6) is 0. The van der Waals surface area contributed by atoms with Gasteiger partial charge in [-0.25, -0.2) is 56.9 Å². The van der Waals surface area contributed by atoms with Gasteiger partial charge in [0.05, 0.1) is 70.2 Å². The number of ether oxygens (including phenoxy) is 10. The molecule has 0 aliphatic heterocycles. The standard InChI is InChI=1S/2C6H13O4.2C6H12O3.C5H10O3.4Rf/c2*1-9-4-6(8)5-10-3-2-7;2*1-8-4-3-6(7)5-9-2;1-7-3-5(6)4-8-2;;;;/h2*6-8H,1-5H2;2*6-7H,1-5H2;5-6H,1-4H2;;;;/q2*-1;3*-2;;;;. The molecule has 294 valence electrons. The zero-order chi connectivity index (χ0) is 36.3. The maximum Gasteiger partial charge on any atom is 0.0976 e. The number of aliphatic hydroxyl groups excluding tert-OH is 7. The molecule has 17 nitrogen and oxygen atoms in total. The summed E-state index contributed by atoms with van der Waals surface area (Å²) in [7, 11) is 24.9. The maximum absolute atomic E-state index is 8.91. The Bertz CT molecular complexity index is 463. The van der Waals surface area contributed by atoms with Crippen LogP contribution in [0.5, 0.6) is 0 Å². The third kappa shape index (κ3) is 79.1. The van der Waals surface area contributed by atoms with Gasteiger partial charge in [0.2, 0.25) is 0 Å². The first-order valence-corrected chi connectivity index (χ1v) is 13.8. The monoisotopic (exact) mass is 1750 g/mol. The first-order valence-electron chi connectivity index (χ1n) is 13.8. The molecule has 0 heterocycles. The van der Waals surface area contributed by atoms with E-state index in [0.29, 0.717) is 26.1 Å². The molecule has 4 atom stereocenters. The first-order chi connectivity index (χ1) is 22.0. The summed E-state index contributed by atoms with van der Waals surface area (Å²) in [6, 6.07) is 0. The molecule has 0 aliphatic carbocycles. The van der Waals surface area contributed by atoms with Gasteiger partial charge < -0.3 is 83.1 Å². The minimum atomic E-state index is -0.649. The van der Waals surface area contributed by atoms with Gasteiger partial charge in [-0.2, -0.15) is 0 Å². The SMILES string of the molecule is [CH2-]OCC(O)COCCO.[CH2-]OCC(O)COCCO.[CH2-]OCC(O)CO[CH2-].[CH2-]OCCC(O)CO[CH2-].[CH2-]OCCC(O)CO[CH2-].[Rf].[Rf].[Rf].[Rf]. The summed E-state index contributed by atoms with van der Waals surface area (Å²) in [4.78, 5) is 0. The van der Waals surface area contributed by atoms with Crippen molar-refractivity contribution in [2.45, 2.75) is 43.4 Å². The van der Waals surface area contributed by atoms with Crippen LogP contribution >= 0.6 is 0 Å². The molecule has 0 saturated heterocycles. The van der Waals surface area contributed by atoms with E-state index in [1.807, 2.05) is 0 Å². The van der Waals surface area contributed by atoms with E-state index < -0.39 is 30.5 Å². The van der Waals surface area contributed by atoms with E-state index in [2.05, 4.69) is 94.8 Å². The molecule has 0 bridgehead atoms. The van der Waals surface area contributed by atoms with Crippen molar-refractivity contribution >= 4 is 0 Å². The normalized spacial score (nSPS) is 12.0. The van der Waals surface area contributed by atoms with Gasteiger partial charge in [-0.15, -0.1) is 0 Å². The summed E-state index contributed by atoms with van der Waals surface area (Å²) in [6.45, 7) is 2.88. The van der Waals surface area contributed by atoms with Crippen molar-refractivity contribution in [3.05, 3.63) is 56.9 Å². The van der Waals surface area contributed by atoms with E-state index in [4.69, 9.17) is 45.2 Å². The summed E-state index contributed by atoms with van der Waals surface area (Å²) >= 11 is 0. The summed E-state index contributed by atoms with van der Waals surface area (Å²) in [5, 5.41) is 60.9. The largest absolute Gasteiger partial charge is 0.555 e. The Balaban J connectivity index is -0.0000000590. The van der Waals surface area contributed by atoms with Gasteiger partial charge in [-0.3, -0.25) is 0 Å². The summed E-state index contributed by atoms with van der Waals surface area (Å²) in [5.41, 5.74) is 0. The number of hydrogen-bond acceptors (Lipinski definition) is 17. The molecule has 0 rings (SSSR count). The van der Waals surface area contributed by atoms with E-state index in [0.717, 1.165) is 0 Å². The fraction of sp³-hybridized carbons (Fsp3) is 0.724. The Morgan fingerprint density at radius 1 is 0.320 bits per heavy atom. The minimum absolute atomic E-state index is 0. The minimum Gasteiger partial charge on any atom is -0.555 e. The fourth-order valence-electron chi connectivity index (χ4n) is 2.13. The predicted molar refractivity (Wildman–Crippen MR) is 166 cm³/mol. The Labute approximate surface area is 276 Å². The van der Waals surface area contributed by atoms with Crippen molar-refractivity contribution in [3.63, 3.8) is 0 Å². The zero-order valence-corrected chi connectivity index (χ0v) is 55.5. The van der Waals surface area contributed by atoms with Gasteiger partial charge in [0, 0.05) is 52.9 Å². The summed E-state index contributed by atoms with van der Waals surface area (Å²) < 4.78 is 44.9. The van der Waals surface area contributed by atoms with Crippen LogP contribution in [0.4, 0.5) is 0 Å². The van der Waals surface area contributed by atoms with Gasteiger partial charge in [0.25, 0.3) is 0 Å². The van der Waals surface area contributed by atoms with Crippen LogP contribution in [0.1, 0.15) is 12.8 Å². The van der Waals surface area contributed by atoms with Gasteiger partial charge in [0.1, 0.15) is 0 Å². The molecule has 0 saturated carbocycles. The molecule has 0 amide bonds. The van der Waals surface area contributed by atoms with Crippen LogP contribution in [0.25, 0.3) is 0 Å². The van der Waals surface area contributed by atoms with Crippen molar-refractivity contribution in [1.29, 1.82) is 0 Å². The molecule has 21 heteroatoms. The third-order valence-corrected chi connectivity index (χ3v) is 4.14. The number of rotatable bonds is 26. The van der Waals surface area contributed by atoms with Crippen LogP contribution in [0, 0.1) is 56.9 Å². The van der Waals surface area contributed by atoms with Crippen LogP contribution in [-0.4, -0.2) is 159 Å². The molecule has 0 fully saturated rings. The Morgan fingerprint density at radius 3 is 0.740 bits per heavy atom. The number of aliphatic hydroxyl groups is 7. The van der Waals surface area contributed by atoms with Crippen molar-refractivity contribution in [1.82, 2.24) is 0 Å². The van der Waals surface area contributed by atoms with E-state index >= 15 is 0 Å². The molecule has 0 spiro atoms. The van der Waals surface area contributed by atoms with Crippen LogP contribution in [0.2, 0.25) is 0 Å². The quantitative estimate of drug-likeness (QED) is 0.0407. The van der Waals surface area contributed by atoms with Crippen molar-refractivity contribution in [3.8, 4) is 0 Å². The number of hydrogen-bond donors (Lipinski definition) is 7. The molecular weight excluding hydrogens is 1690 g/mol. The summed E-state index contributed by atoms with van der Waals surface area (Å²) in [6.07, 6.45) is -1.79. The molecule has 7 N–H and O–H groups in total. The van der Waals surface area contributed by atoms with Gasteiger partial charge in [0.15, 0.2) is 0 Å². The fourth-order valence-corrected chi connectivity index (χ4v) is 2.13. The molecule has 0 aromatic carbocycles. The van der Waals surface area contributed by atoms with Crippen LogP contribution in [-0.2, 0) is 47.4 Å². The second-order valence-electron chi connectivity index (χ2n) is 8.48. The van der Waals surface area contributed by atoms with Crippen LogP contribution < -0.4 is 0 Å². The van der Waals surface area contributed by atoms with E-state index in [1.54, 1.807) is 0 Å². The third-order valence-electron chi connectivity index (χ3n) is 4.14. The van der Waals surface area contributed by atoms with Crippen molar-refractivity contribution in [2.24, 2.45) is 0 Å². The Morgan fingerprint density at radius 2 is 0.540 bits per heavy atom. The van der Waals surface area contributed by atoms with Gasteiger partial charge in [-0.05, 0) is 12.8 Å². The van der Waals surface area contributed by atoms with E-state index in [9.17, 15) is 0 Å². The molecular formula is C29H60O17Rf4-8. The maximum atomic E-state index is 8.91. The first kappa shape index (κ1) is 67.5. The van der Waals surface area contributed by atoms with Crippen molar-refractivity contribution in [2.75, 3.05) is 92.5 Å². The average Bonchev–Trinajstić information content (AvgIpc) is 3.01. The molecule has 0 aromatic heterocycles. The smallest absolute Gasteiger partial charge is 0.0976 e. The molecule has 0 aliphatic rings. The predicted octanol–water partition coefficient (Wildman–Crippen LogP) is -1.000. The van der Waals surface area contributed by atoms with Gasteiger partial charge >= 0.3 is 0 Å². The molecule has 50 heavy (non-hydrogen) atoms. The van der Waals surface area contributed by atoms with Crippen LogP contribution in [0.15, 0.2) is 0 Å². The van der Waals surface area contributed by atoms with Crippen molar-refractivity contribution < 1.29 is 83.1 Å². The molecule has 4 unspecified atom stereocenters.